The molecule has 0 saturated carbocycles. The number of benzene rings is 1. The molecule has 3 fully saturated rings. The van der Waals surface area contributed by atoms with Crippen LogP contribution in [-0.2, 0) is 46.0 Å². The zero-order chi connectivity index (χ0) is 28.4. The summed E-state index contributed by atoms with van der Waals surface area (Å²) in [6, 6.07) is 12.5. The second-order valence-corrected chi connectivity index (χ2v) is 10.6. The Hall–Kier alpha value is -2.77. The van der Waals surface area contributed by atoms with Gasteiger partial charge >= 0.3 is 12.1 Å². The van der Waals surface area contributed by atoms with Gasteiger partial charge in [0.05, 0.1) is 13.2 Å². The third kappa shape index (κ3) is 6.58. The maximum absolute atomic E-state index is 13.2. The lowest BCUT2D eigenvalue weighted by Crippen LogP contribution is -2.63. The third-order valence-electron chi connectivity index (χ3n) is 7.00. The maximum atomic E-state index is 13.2. The first-order valence-electron chi connectivity index (χ1n) is 13.3. The lowest BCUT2D eigenvalue weighted by Gasteiger charge is -2.42. The number of hydrogen-bond acceptors (Lipinski definition) is 9. The predicted octanol–water partition coefficient (Wildman–Crippen LogP) is 4.46. The van der Waals surface area contributed by atoms with Crippen molar-refractivity contribution >= 4 is 11.8 Å². The van der Waals surface area contributed by atoms with Crippen molar-refractivity contribution in [1.82, 2.24) is 4.98 Å². The second kappa shape index (κ2) is 11.6. The highest BCUT2D eigenvalue weighted by atomic mass is 19.4. The number of rotatable bonds is 11. The molecule has 0 unspecified atom stereocenters. The first-order chi connectivity index (χ1) is 19.0. The Labute approximate surface area is 230 Å². The predicted molar refractivity (Wildman–Crippen MR) is 135 cm³/mol. The van der Waals surface area contributed by atoms with Gasteiger partial charge in [-0.25, -0.2) is 4.98 Å². The van der Waals surface area contributed by atoms with Crippen LogP contribution in [0.25, 0.3) is 0 Å². The summed E-state index contributed by atoms with van der Waals surface area (Å²) in [5.74, 6) is -1.19. The summed E-state index contributed by atoms with van der Waals surface area (Å²) in [6.07, 6.45) is -5.03. The summed E-state index contributed by atoms with van der Waals surface area (Å²) in [7, 11) is 0. The first-order valence-corrected chi connectivity index (χ1v) is 13.3. The van der Waals surface area contributed by atoms with Gasteiger partial charge < -0.3 is 33.7 Å². The van der Waals surface area contributed by atoms with Crippen LogP contribution < -0.4 is 5.32 Å². The summed E-state index contributed by atoms with van der Waals surface area (Å²) in [5, 5.41) is 3.01. The van der Waals surface area contributed by atoms with Crippen molar-refractivity contribution in [1.29, 1.82) is 0 Å². The quantitative estimate of drug-likeness (QED) is 0.312. The van der Waals surface area contributed by atoms with Crippen molar-refractivity contribution in [3.63, 3.8) is 0 Å². The Kier molecular flexibility index (Phi) is 8.35. The van der Waals surface area contributed by atoms with Crippen LogP contribution in [0.1, 0.15) is 44.4 Å². The lowest BCUT2D eigenvalue weighted by molar-refractivity contribution is -0.207. The van der Waals surface area contributed by atoms with Gasteiger partial charge in [-0.15, -0.1) is 0 Å². The largest absolute Gasteiger partial charge is 0.461 e. The second-order valence-electron chi connectivity index (χ2n) is 10.6. The van der Waals surface area contributed by atoms with Crippen LogP contribution in [0.5, 0.6) is 0 Å². The lowest BCUT2D eigenvalue weighted by atomic mass is 9.88. The first kappa shape index (κ1) is 28.7. The number of pyridine rings is 1. The summed E-state index contributed by atoms with van der Waals surface area (Å²) in [4.78, 5) is 15.7. The zero-order valence-electron chi connectivity index (χ0n) is 22.3. The van der Waals surface area contributed by atoms with Gasteiger partial charge in [-0.3, -0.25) is 4.79 Å². The fourth-order valence-corrected chi connectivity index (χ4v) is 5.14. The molecule has 2 bridgehead atoms. The standard InChI is InChI=1S/C28H33F3N2O7/c1-26(2)38-23-22(33-20-12-8-11-19(32-20)28(29,30)31)25-37-17-27(40-25,24(23)39-26)16-35-14-7-6-13-21(34)36-15-18-9-4-3-5-10-18/h3-5,8-12,22-25H,6-7,13-17H2,1-2H3,(H,32,33)/t22-,23-,24-,25+,27+/m1/s1. The van der Waals surface area contributed by atoms with Crippen LogP contribution in [0.2, 0.25) is 0 Å². The molecule has 3 saturated heterocycles. The Morgan fingerprint density at radius 1 is 1.07 bits per heavy atom. The van der Waals surface area contributed by atoms with E-state index in [1.807, 2.05) is 30.3 Å². The van der Waals surface area contributed by atoms with Crippen LogP contribution in [0.3, 0.4) is 0 Å². The van der Waals surface area contributed by atoms with E-state index in [9.17, 15) is 18.0 Å². The van der Waals surface area contributed by atoms with E-state index in [-0.39, 0.29) is 38.0 Å². The molecule has 9 nitrogen and oxygen atoms in total. The number of anilines is 1. The molecule has 40 heavy (non-hydrogen) atoms. The molecule has 1 N–H and O–H groups in total. The van der Waals surface area contributed by atoms with E-state index in [1.54, 1.807) is 13.8 Å². The van der Waals surface area contributed by atoms with Crippen molar-refractivity contribution in [2.45, 2.75) is 81.8 Å². The van der Waals surface area contributed by atoms with Crippen LogP contribution in [-0.4, -0.2) is 66.7 Å². The van der Waals surface area contributed by atoms with E-state index < -0.39 is 47.8 Å². The third-order valence-corrected chi connectivity index (χ3v) is 7.00. The number of halogens is 3. The zero-order valence-corrected chi connectivity index (χ0v) is 22.3. The van der Waals surface area contributed by atoms with Crippen molar-refractivity contribution in [3.8, 4) is 0 Å². The topological polar surface area (TPSA) is 97.4 Å². The number of alkyl halides is 3. The molecule has 5 rings (SSSR count). The number of hydrogen-bond donors (Lipinski definition) is 1. The van der Waals surface area contributed by atoms with E-state index in [2.05, 4.69) is 10.3 Å². The van der Waals surface area contributed by atoms with Crippen LogP contribution >= 0.6 is 0 Å². The number of carbonyl (C=O) groups excluding carboxylic acids is 1. The van der Waals surface area contributed by atoms with Gasteiger partial charge in [0.2, 0.25) is 0 Å². The highest BCUT2D eigenvalue weighted by Crippen LogP contribution is 2.47. The Morgan fingerprint density at radius 2 is 1.88 bits per heavy atom. The molecule has 2 aromatic rings. The summed E-state index contributed by atoms with van der Waals surface area (Å²) < 4.78 is 75.3. The van der Waals surface area contributed by atoms with Crippen LogP contribution in [0, 0.1) is 0 Å². The average molecular weight is 567 g/mol. The fraction of sp³-hybridized carbons (Fsp3) is 0.571. The highest BCUT2D eigenvalue weighted by Gasteiger charge is 2.66. The van der Waals surface area contributed by atoms with E-state index >= 15 is 0 Å². The highest BCUT2D eigenvalue weighted by molar-refractivity contribution is 5.69. The minimum Gasteiger partial charge on any atom is -0.461 e. The number of aromatic nitrogens is 1. The summed E-state index contributed by atoms with van der Waals surface area (Å²) in [5.41, 5.74) is -1.02. The minimum atomic E-state index is -4.57. The molecule has 3 aliphatic heterocycles. The van der Waals surface area contributed by atoms with Gasteiger partial charge in [0.15, 0.2) is 12.1 Å². The van der Waals surface area contributed by atoms with Crippen molar-refractivity contribution in [3.05, 3.63) is 59.8 Å². The van der Waals surface area contributed by atoms with Crippen molar-refractivity contribution in [2.24, 2.45) is 0 Å². The number of esters is 1. The van der Waals surface area contributed by atoms with Gasteiger partial charge in [0.25, 0.3) is 0 Å². The van der Waals surface area contributed by atoms with Crippen LogP contribution in [0.15, 0.2) is 48.5 Å². The molecule has 0 spiro atoms. The molecule has 5 atom stereocenters. The van der Waals surface area contributed by atoms with Crippen molar-refractivity contribution in [2.75, 3.05) is 25.1 Å². The van der Waals surface area contributed by atoms with E-state index in [4.69, 9.17) is 28.4 Å². The molecule has 12 heteroatoms. The molecular formula is C28H33F3N2O7. The Bertz CT molecular complexity index is 1170. The molecular weight excluding hydrogens is 533 g/mol. The smallest absolute Gasteiger partial charge is 0.433 e. The minimum absolute atomic E-state index is 0.0250. The summed E-state index contributed by atoms with van der Waals surface area (Å²) in [6.45, 7) is 4.50. The Balaban J connectivity index is 1.13. The van der Waals surface area contributed by atoms with Gasteiger partial charge in [0.1, 0.15) is 42.0 Å². The number of nitrogens with zero attached hydrogens (tertiary/aromatic N) is 1. The molecule has 0 aliphatic carbocycles. The number of unbranched alkanes of at least 4 members (excludes halogenated alkanes) is 1. The van der Waals surface area contributed by atoms with Gasteiger partial charge in [-0.2, -0.15) is 13.2 Å². The molecule has 0 radical (unpaired) electrons. The Morgan fingerprint density at radius 3 is 2.65 bits per heavy atom. The van der Waals surface area contributed by atoms with E-state index in [0.717, 1.165) is 11.6 Å². The van der Waals surface area contributed by atoms with Gasteiger partial charge in [-0.05, 0) is 44.4 Å². The molecule has 1 aromatic heterocycles. The number of nitrogens with one attached hydrogen (secondary N) is 1. The molecule has 1 aromatic carbocycles. The monoisotopic (exact) mass is 566 g/mol. The average Bonchev–Trinajstić information content (AvgIpc) is 3.47. The maximum Gasteiger partial charge on any atom is 0.433 e. The van der Waals surface area contributed by atoms with Gasteiger partial charge in [0, 0.05) is 13.0 Å². The SMILES string of the molecule is CC1(C)O[C@@H]2[C@@H](Nc3cccc(C(F)(F)F)n3)[C@H]3OC[C@](COCCCCC(=O)OCc4ccccc4)(O3)[C@@H]2O1. The molecule has 0 amide bonds. The van der Waals surface area contributed by atoms with E-state index in [0.29, 0.717) is 19.4 Å². The molecule has 218 valence electrons. The number of fused-ring (bicyclic) bond motifs is 4. The fourth-order valence-electron chi connectivity index (χ4n) is 5.14. The summed E-state index contributed by atoms with van der Waals surface area (Å²) >= 11 is 0. The van der Waals surface area contributed by atoms with Crippen molar-refractivity contribution < 1.29 is 46.4 Å². The molecule has 3 aliphatic rings. The van der Waals surface area contributed by atoms with Crippen LogP contribution in [0.4, 0.5) is 19.0 Å². The number of carbonyl (C=O) groups is 1. The number of ether oxygens (including phenoxy) is 6. The molecule has 4 heterocycles. The van der Waals surface area contributed by atoms with E-state index in [1.165, 1.54) is 12.1 Å². The normalized spacial score (nSPS) is 28.7. The van der Waals surface area contributed by atoms with Gasteiger partial charge in [-0.1, -0.05) is 36.4 Å².